The van der Waals surface area contributed by atoms with Crippen molar-refractivity contribution in [1.29, 1.82) is 0 Å². The van der Waals surface area contributed by atoms with Crippen molar-refractivity contribution in [2.75, 3.05) is 0 Å². The third kappa shape index (κ3) is 6.05. The SMILES string of the molecule is CC(C)(C)OC(=O)N[C@H](Cc1ccc([N+](=O)[O-])cc1[N+](=O)[O-])C(=O)O. The highest BCUT2D eigenvalue weighted by molar-refractivity contribution is 5.80. The van der Waals surface area contributed by atoms with Crippen LogP contribution in [0.2, 0.25) is 0 Å². The quantitative estimate of drug-likeness (QED) is 0.578. The van der Waals surface area contributed by atoms with Gasteiger partial charge in [0.2, 0.25) is 0 Å². The first-order chi connectivity index (χ1) is 11.4. The molecule has 0 unspecified atom stereocenters. The highest BCUT2D eigenvalue weighted by atomic mass is 16.6. The van der Waals surface area contributed by atoms with Crippen LogP contribution in [0.15, 0.2) is 18.2 Å². The third-order valence-corrected chi connectivity index (χ3v) is 2.89. The Hall–Kier alpha value is -3.24. The number of carboxylic acid groups (broad SMARTS) is 1. The topological polar surface area (TPSA) is 162 Å². The number of nitrogens with one attached hydrogen (secondary N) is 1. The number of rotatable bonds is 6. The summed E-state index contributed by atoms with van der Waals surface area (Å²) >= 11 is 0. The number of aliphatic carboxylic acids is 1. The zero-order chi connectivity index (χ0) is 19.4. The van der Waals surface area contributed by atoms with Crippen LogP contribution in [-0.2, 0) is 16.0 Å². The number of carboxylic acids is 1. The molecule has 0 heterocycles. The van der Waals surface area contributed by atoms with Gasteiger partial charge >= 0.3 is 12.1 Å². The van der Waals surface area contributed by atoms with Gasteiger partial charge in [-0.1, -0.05) is 0 Å². The maximum Gasteiger partial charge on any atom is 0.408 e. The predicted molar refractivity (Wildman–Crippen MR) is 84.2 cm³/mol. The van der Waals surface area contributed by atoms with Crippen molar-refractivity contribution >= 4 is 23.4 Å². The van der Waals surface area contributed by atoms with Crippen LogP contribution in [0.1, 0.15) is 26.3 Å². The molecule has 0 spiro atoms. The van der Waals surface area contributed by atoms with E-state index in [1.54, 1.807) is 20.8 Å². The van der Waals surface area contributed by atoms with Crippen LogP contribution in [0.3, 0.4) is 0 Å². The first kappa shape index (κ1) is 19.8. The molecule has 0 bridgehead atoms. The van der Waals surface area contributed by atoms with E-state index in [1.807, 2.05) is 0 Å². The van der Waals surface area contributed by atoms with Crippen LogP contribution in [0.4, 0.5) is 16.2 Å². The number of hydrogen-bond donors (Lipinski definition) is 2. The molecule has 1 aromatic rings. The molecule has 1 rings (SSSR count). The van der Waals surface area contributed by atoms with Crippen molar-refractivity contribution < 1.29 is 29.3 Å². The van der Waals surface area contributed by atoms with Crippen molar-refractivity contribution in [3.63, 3.8) is 0 Å². The van der Waals surface area contributed by atoms with Crippen molar-refractivity contribution in [3.05, 3.63) is 44.0 Å². The number of benzene rings is 1. The number of alkyl carbamates (subject to hydrolysis) is 1. The molecule has 11 nitrogen and oxygen atoms in total. The van der Waals surface area contributed by atoms with Crippen molar-refractivity contribution in [2.45, 2.75) is 38.8 Å². The smallest absolute Gasteiger partial charge is 0.408 e. The second kappa shape index (κ2) is 7.55. The molecule has 0 aliphatic rings. The van der Waals surface area contributed by atoms with Crippen LogP contribution in [0, 0.1) is 20.2 Å². The molecule has 136 valence electrons. The van der Waals surface area contributed by atoms with Gasteiger partial charge in [0.25, 0.3) is 11.4 Å². The minimum atomic E-state index is -1.50. The van der Waals surface area contributed by atoms with E-state index in [0.717, 1.165) is 18.2 Å². The standard InChI is InChI=1S/C14H17N3O8/c1-14(2,3)25-13(20)15-10(12(18)19)6-8-4-5-9(16(21)22)7-11(8)17(23)24/h4-5,7,10H,6H2,1-3H3,(H,15,20)(H,18,19)/t10-/m1/s1. The van der Waals surface area contributed by atoms with Crippen LogP contribution in [0.25, 0.3) is 0 Å². The fraction of sp³-hybridized carbons (Fsp3) is 0.429. The number of carbonyl (C=O) groups is 2. The molecule has 0 aliphatic heterocycles. The highest BCUT2D eigenvalue weighted by Crippen LogP contribution is 2.25. The summed E-state index contributed by atoms with van der Waals surface area (Å²) in [6, 6.07) is 1.34. The van der Waals surface area contributed by atoms with Crippen LogP contribution < -0.4 is 5.32 Å². The van der Waals surface area contributed by atoms with E-state index in [1.165, 1.54) is 0 Å². The Bertz CT molecular complexity index is 711. The Morgan fingerprint density at radius 1 is 1.24 bits per heavy atom. The molecule has 0 saturated heterocycles. The van der Waals surface area contributed by atoms with Crippen molar-refractivity contribution in [3.8, 4) is 0 Å². The van der Waals surface area contributed by atoms with E-state index in [9.17, 15) is 34.9 Å². The summed E-state index contributed by atoms with van der Waals surface area (Å²) in [5.41, 5.74) is -2.03. The minimum Gasteiger partial charge on any atom is -0.480 e. The zero-order valence-electron chi connectivity index (χ0n) is 13.7. The first-order valence-corrected chi connectivity index (χ1v) is 7.04. The number of carbonyl (C=O) groups excluding carboxylic acids is 1. The lowest BCUT2D eigenvalue weighted by Gasteiger charge is -2.22. The maximum atomic E-state index is 11.7. The highest BCUT2D eigenvalue weighted by Gasteiger charge is 2.28. The molecular formula is C14H17N3O8. The molecule has 2 N–H and O–H groups in total. The van der Waals surface area contributed by atoms with E-state index >= 15 is 0 Å². The summed E-state index contributed by atoms with van der Waals surface area (Å²) in [4.78, 5) is 43.2. The number of non-ortho nitro benzene ring substituents is 1. The van der Waals surface area contributed by atoms with Crippen molar-refractivity contribution in [2.24, 2.45) is 0 Å². The fourth-order valence-electron chi connectivity index (χ4n) is 1.88. The van der Waals surface area contributed by atoms with Crippen LogP contribution >= 0.6 is 0 Å². The Kier molecular flexibility index (Phi) is 5.98. The summed E-state index contributed by atoms with van der Waals surface area (Å²) in [6.45, 7) is 4.76. The molecule has 1 atom stereocenters. The molecule has 0 radical (unpaired) electrons. The second-order valence-corrected chi connectivity index (χ2v) is 6.07. The Labute approximate surface area is 141 Å². The predicted octanol–water partition coefficient (Wildman–Crippen LogP) is 2.02. The van der Waals surface area contributed by atoms with Gasteiger partial charge in [0.15, 0.2) is 0 Å². The van der Waals surface area contributed by atoms with Gasteiger partial charge in [-0.2, -0.15) is 0 Å². The molecule has 0 aromatic heterocycles. The van der Waals surface area contributed by atoms with E-state index in [0.29, 0.717) is 0 Å². The lowest BCUT2D eigenvalue weighted by molar-refractivity contribution is -0.394. The number of amides is 1. The van der Waals surface area contributed by atoms with E-state index in [-0.39, 0.29) is 5.56 Å². The number of ether oxygens (including phenoxy) is 1. The van der Waals surface area contributed by atoms with E-state index < -0.39 is 51.3 Å². The van der Waals surface area contributed by atoms with Gasteiger partial charge in [0, 0.05) is 18.1 Å². The van der Waals surface area contributed by atoms with Gasteiger partial charge < -0.3 is 15.2 Å². The second-order valence-electron chi connectivity index (χ2n) is 6.07. The Morgan fingerprint density at radius 2 is 1.84 bits per heavy atom. The monoisotopic (exact) mass is 355 g/mol. The van der Waals surface area contributed by atoms with Gasteiger partial charge in [-0.15, -0.1) is 0 Å². The van der Waals surface area contributed by atoms with Crippen molar-refractivity contribution in [1.82, 2.24) is 5.32 Å². The average molecular weight is 355 g/mol. The summed E-state index contributed by atoms with van der Waals surface area (Å²) in [5, 5.41) is 33.1. The van der Waals surface area contributed by atoms with Gasteiger partial charge in [0.1, 0.15) is 11.6 Å². The number of nitrogens with zero attached hydrogens (tertiary/aromatic N) is 2. The average Bonchev–Trinajstić information content (AvgIpc) is 2.44. The van der Waals surface area contributed by atoms with Gasteiger partial charge in [-0.25, -0.2) is 9.59 Å². The van der Waals surface area contributed by atoms with Gasteiger partial charge in [0.05, 0.1) is 15.9 Å². The van der Waals surface area contributed by atoms with E-state index in [2.05, 4.69) is 5.32 Å². The number of hydrogen-bond acceptors (Lipinski definition) is 7. The minimum absolute atomic E-state index is 0.0703. The summed E-state index contributed by atoms with van der Waals surface area (Å²) < 4.78 is 4.95. The summed E-state index contributed by atoms with van der Waals surface area (Å²) in [7, 11) is 0. The molecular weight excluding hydrogens is 338 g/mol. The lowest BCUT2D eigenvalue weighted by Crippen LogP contribution is -2.44. The summed E-state index contributed by atoms with van der Waals surface area (Å²) in [5.74, 6) is -1.43. The van der Waals surface area contributed by atoms with Gasteiger partial charge in [-0.3, -0.25) is 20.2 Å². The molecule has 0 fully saturated rings. The normalized spacial score (nSPS) is 12.1. The molecule has 11 heteroatoms. The molecule has 25 heavy (non-hydrogen) atoms. The largest absolute Gasteiger partial charge is 0.480 e. The maximum absolute atomic E-state index is 11.7. The molecule has 1 aromatic carbocycles. The number of nitro benzene ring substituents is 2. The van der Waals surface area contributed by atoms with Gasteiger partial charge in [-0.05, 0) is 26.8 Å². The summed E-state index contributed by atoms with van der Waals surface area (Å²) in [6.07, 6.45) is -1.44. The molecule has 1 amide bonds. The third-order valence-electron chi connectivity index (χ3n) is 2.89. The number of nitro groups is 2. The lowest BCUT2D eigenvalue weighted by atomic mass is 10.0. The molecule has 0 saturated carbocycles. The molecule has 0 aliphatic carbocycles. The van der Waals surface area contributed by atoms with Crippen LogP contribution in [0.5, 0.6) is 0 Å². The zero-order valence-corrected chi connectivity index (χ0v) is 13.7. The fourth-order valence-corrected chi connectivity index (χ4v) is 1.88. The first-order valence-electron chi connectivity index (χ1n) is 7.04. The van der Waals surface area contributed by atoms with Crippen LogP contribution in [-0.4, -0.2) is 38.7 Å². The van der Waals surface area contributed by atoms with E-state index in [4.69, 9.17) is 4.74 Å². The Balaban J connectivity index is 3.06. The Morgan fingerprint density at radius 3 is 2.28 bits per heavy atom.